The van der Waals surface area contributed by atoms with Crippen molar-refractivity contribution in [2.75, 3.05) is 13.3 Å². The second-order valence-electron chi connectivity index (χ2n) is 9.17. The average Bonchev–Trinajstić information content (AvgIpc) is 3.31. The van der Waals surface area contributed by atoms with Gasteiger partial charge in [-0.25, -0.2) is 0 Å². The van der Waals surface area contributed by atoms with Crippen LogP contribution in [-0.4, -0.2) is 27.7 Å². The molecule has 0 aliphatic heterocycles. The largest absolute Gasteiger partial charge is 0.502 e. The number of unbranched alkanes of at least 4 members (excludes halogenated alkanes) is 2. The molecule has 0 radical (unpaired) electrons. The van der Waals surface area contributed by atoms with Gasteiger partial charge in [-0.15, -0.1) is 0 Å². The standard InChI is InChI=1S/C30H34N2O.CH3O2P/c1-3-24(2)16-8-7-15-23-33-30-31-28(25-17-9-4-10-18-25)29(26-19-11-5-12-20-26)32(30)27-21-13-6-14-22-27;1-4(2)3/h4-6,9-14,17-22,24H,3,7-8,15-16,23H2,1-2H3;1H3/p+1. The summed E-state index contributed by atoms with van der Waals surface area (Å²) < 4.78 is 17.7. The van der Waals surface area contributed by atoms with Crippen LogP contribution in [0.2, 0.25) is 0 Å². The quantitative estimate of drug-likeness (QED) is 0.160. The van der Waals surface area contributed by atoms with Gasteiger partial charge >= 0.3 is 14.0 Å². The van der Waals surface area contributed by atoms with E-state index < -0.39 is 8.03 Å². The summed E-state index contributed by atoms with van der Waals surface area (Å²) >= 11 is 0. The lowest BCUT2D eigenvalue weighted by Crippen LogP contribution is -2.05. The summed E-state index contributed by atoms with van der Waals surface area (Å²) in [5.74, 6) is 0.810. The van der Waals surface area contributed by atoms with Crippen molar-refractivity contribution < 1.29 is 14.2 Å². The Morgan fingerprint density at radius 3 is 1.97 bits per heavy atom. The maximum Gasteiger partial charge on any atom is 0.502 e. The van der Waals surface area contributed by atoms with Crippen molar-refractivity contribution in [3.63, 3.8) is 0 Å². The van der Waals surface area contributed by atoms with Crippen LogP contribution in [0.4, 0.5) is 0 Å². The molecule has 1 aromatic heterocycles. The van der Waals surface area contributed by atoms with E-state index in [2.05, 4.69) is 91.2 Å². The summed E-state index contributed by atoms with van der Waals surface area (Å²) in [6.07, 6.45) is 6.05. The molecule has 0 amide bonds. The molecule has 2 atom stereocenters. The fraction of sp³-hybridized carbons (Fsp3) is 0.323. The molecule has 0 aliphatic rings. The Morgan fingerprint density at radius 2 is 1.41 bits per heavy atom. The minimum absolute atomic E-state index is 0.654. The highest BCUT2D eigenvalue weighted by Gasteiger charge is 2.22. The average molecular weight is 518 g/mol. The highest BCUT2D eigenvalue weighted by molar-refractivity contribution is 7.36. The van der Waals surface area contributed by atoms with E-state index in [1.165, 1.54) is 32.3 Å². The normalized spacial score (nSPS) is 11.8. The molecule has 194 valence electrons. The Kier molecular flexibility index (Phi) is 11.5. The fourth-order valence-corrected chi connectivity index (χ4v) is 4.11. The SMILES string of the molecule is CCC(C)CCCCCOc1nc(-c2ccccc2)c(-c2ccccc2)n1-c1ccccc1.C[P+](=O)O. The smallest absolute Gasteiger partial charge is 0.464 e. The van der Waals surface area contributed by atoms with E-state index in [0.29, 0.717) is 12.6 Å². The van der Waals surface area contributed by atoms with Crippen molar-refractivity contribution in [2.24, 2.45) is 5.92 Å². The molecule has 0 spiro atoms. The van der Waals surface area contributed by atoms with E-state index in [1.54, 1.807) is 0 Å². The number of ether oxygens (including phenoxy) is 1. The Balaban J connectivity index is 0.000000886. The van der Waals surface area contributed by atoms with E-state index in [-0.39, 0.29) is 0 Å². The number of rotatable bonds is 11. The van der Waals surface area contributed by atoms with Gasteiger partial charge in [-0.1, -0.05) is 118 Å². The lowest BCUT2D eigenvalue weighted by Gasteiger charge is -2.13. The summed E-state index contributed by atoms with van der Waals surface area (Å²) in [4.78, 5) is 12.6. The molecule has 0 saturated heterocycles. The minimum atomic E-state index is -1.87. The molecule has 3 aromatic carbocycles. The van der Waals surface area contributed by atoms with Crippen LogP contribution in [0.25, 0.3) is 28.2 Å². The van der Waals surface area contributed by atoms with Crippen LogP contribution in [0.3, 0.4) is 0 Å². The predicted octanol–water partition coefficient (Wildman–Crippen LogP) is 8.54. The summed E-state index contributed by atoms with van der Waals surface area (Å²) in [7, 11) is -1.87. The van der Waals surface area contributed by atoms with Gasteiger partial charge in [0, 0.05) is 11.1 Å². The van der Waals surface area contributed by atoms with Gasteiger partial charge in [0.1, 0.15) is 5.69 Å². The third kappa shape index (κ3) is 8.66. The molecule has 37 heavy (non-hydrogen) atoms. The highest BCUT2D eigenvalue weighted by Crippen LogP contribution is 2.37. The van der Waals surface area contributed by atoms with E-state index in [4.69, 9.17) is 19.2 Å². The molecule has 0 aliphatic carbocycles. The van der Waals surface area contributed by atoms with Crippen molar-refractivity contribution in [2.45, 2.75) is 46.0 Å². The van der Waals surface area contributed by atoms with Crippen molar-refractivity contribution >= 4 is 8.03 Å². The second-order valence-corrected chi connectivity index (χ2v) is 10.1. The monoisotopic (exact) mass is 517 g/mol. The molecule has 4 rings (SSSR count). The summed E-state index contributed by atoms with van der Waals surface area (Å²) in [6.45, 7) is 6.51. The van der Waals surface area contributed by atoms with Gasteiger partial charge in [0.2, 0.25) is 0 Å². The molecule has 1 N–H and O–H groups in total. The van der Waals surface area contributed by atoms with Crippen LogP contribution in [0.5, 0.6) is 6.01 Å². The molecule has 6 heteroatoms. The zero-order valence-electron chi connectivity index (χ0n) is 22.1. The molecule has 2 unspecified atom stereocenters. The second kappa shape index (κ2) is 15.1. The fourth-order valence-electron chi connectivity index (χ4n) is 4.11. The number of nitrogens with zero attached hydrogens (tertiary/aromatic N) is 2. The molecular formula is C31H38N2O3P+. The molecule has 0 saturated carbocycles. The van der Waals surface area contributed by atoms with Gasteiger partial charge in [-0.3, -0.25) is 4.57 Å². The number of hydrogen-bond donors (Lipinski definition) is 1. The third-order valence-electron chi connectivity index (χ3n) is 6.22. The van der Waals surface area contributed by atoms with Crippen LogP contribution in [-0.2, 0) is 4.57 Å². The molecular weight excluding hydrogens is 479 g/mol. The zero-order chi connectivity index (χ0) is 26.5. The van der Waals surface area contributed by atoms with Crippen LogP contribution in [0.15, 0.2) is 91.0 Å². The van der Waals surface area contributed by atoms with Crippen LogP contribution >= 0.6 is 8.03 Å². The van der Waals surface area contributed by atoms with E-state index in [0.717, 1.165) is 40.5 Å². The van der Waals surface area contributed by atoms with Gasteiger partial charge in [0.25, 0.3) is 0 Å². The predicted molar refractivity (Wildman–Crippen MR) is 154 cm³/mol. The number of para-hydroxylation sites is 1. The Morgan fingerprint density at radius 1 is 0.865 bits per heavy atom. The van der Waals surface area contributed by atoms with Crippen LogP contribution in [0.1, 0.15) is 46.0 Å². The lowest BCUT2D eigenvalue weighted by molar-refractivity contribution is 0.276. The van der Waals surface area contributed by atoms with Crippen molar-refractivity contribution in [1.82, 2.24) is 9.55 Å². The lowest BCUT2D eigenvalue weighted by atomic mass is 10.0. The number of hydrogen-bond acceptors (Lipinski definition) is 3. The van der Waals surface area contributed by atoms with Crippen molar-refractivity contribution in [1.29, 1.82) is 0 Å². The summed E-state index contributed by atoms with van der Waals surface area (Å²) in [6, 6.07) is 31.9. The van der Waals surface area contributed by atoms with Crippen LogP contribution < -0.4 is 4.74 Å². The first-order valence-electron chi connectivity index (χ1n) is 13.0. The summed E-state index contributed by atoms with van der Waals surface area (Å²) in [5, 5.41) is 0. The Labute approximate surface area is 222 Å². The maximum absolute atomic E-state index is 9.15. The van der Waals surface area contributed by atoms with Gasteiger partial charge in [0.05, 0.1) is 18.0 Å². The highest BCUT2D eigenvalue weighted by atomic mass is 31.1. The molecule has 0 fully saturated rings. The van der Waals surface area contributed by atoms with Gasteiger partial charge < -0.3 is 4.74 Å². The first-order chi connectivity index (χ1) is 18.0. The Hall–Kier alpha value is -3.27. The van der Waals surface area contributed by atoms with E-state index in [9.17, 15) is 0 Å². The number of benzene rings is 3. The first kappa shape index (κ1) is 28.3. The van der Waals surface area contributed by atoms with E-state index in [1.807, 2.05) is 18.2 Å². The summed E-state index contributed by atoms with van der Waals surface area (Å²) in [5.41, 5.74) is 5.26. The van der Waals surface area contributed by atoms with Crippen molar-refractivity contribution in [3.8, 4) is 34.2 Å². The first-order valence-corrected chi connectivity index (χ1v) is 14.7. The van der Waals surface area contributed by atoms with Crippen molar-refractivity contribution in [3.05, 3.63) is 91.0 Å². The van der Waals surface area contributed by atoms with Gasteiger partial charge in [0.15, 0.2) is 6.66 Å². The molecule has 4 aromatic rings. The number of imidazole rings is 1. The molecule has 5 nitrogen and oxygen atoms in total. The zero-order valence-corrected chi connectivity index (χ0v) is 23.0. The molecule has 0 bridgehead atoms. The van der Waals surface area contributed by atoms with E-state index >= 15 is 0 Å². The maximum atomic E-state index is 9.15. The molecule has 1 heterocycles. The van der Waals surface area contributed by atoms with Gasteiger partial charge in [-0.2, -0.15) is 9.88 Å². The Bertz CT molecular complexity index is 1210. The number of aromatic nitrogens is 2. The minimum Gasteiger partial charge on any atom is -0.464 e. The van der Waals surface area contributed by atoms with Gasteiger partial charge in [-0.05, 0) is 29.0 Å². The topological polar surface area (TPSA) is 64.4 Å². The van der Waals surface area contributed by atoms with Crippen LogP contribution in [0, 0.1) is 5.92 Å². The third-order valence-corrected chi connectivity index (χ3v) is 6.22.